The molecule has 0 aliphatic rings. The maximum atomic E-state index is 12.5. The maximum Gasteiger partial charge on any atom is 0.275 e. The minimum absolute atomic E-state index is 0.118. The van der Waals surface area contributed by atoms with Crippen molar-refractivity contribution < 1.29 is 0 Å². The van der Waals surface area contributed by atoms with E-state index >= 15 is 0 Å². The predicted octanol–water partition coefficient (Wildman–Crippen LogP) is 3.46. The molecule has 2 aromatic heterocycles. The number of nitrogens with zero attached hydrogens (tertiary/aromatic N) is 2. The van der Waals surface area contributed by atoms with Gasteiger partial charge in [0.05, 0.1) is 11.0 Å². The molecule has 2 aromatic carbocycles. The summed E-state index contributed by atoms with van der Waals surface area (Å²) < 4.78 is 1.88. The van der Waals surface area contributed by atoms with Crippen LogP contribution in [0.15, 0.2) is 53.6 Å². The van der Waals surface area contributed by atoms with Gasteiger partial charge in [0.15, 0.2) is 0 Å². The van der Waals surface area contributed by atoms with E-state index in [2.05, 4.69) is 23.0 Å². The van der Waals surface area contributed by atoms with Gasteiger partial charge < -0.3 is 4.98 Å². The molecule has 2 heterocycles. The Morgan fingerprint density at radius 1 is 1.05 bits per heavy atom. The fraction of sp³-hybridized carbons (Fsp3) is 0.111. The van der Waals surface area contributed by atoms with Gasteiger partial charge in [-0.3, -0.25) is 9.20 Å². The van der Waals surface area contributed by atoms with E-state index in [1.807, 2.05) is 47.7 Å². The number of fused-ring (bicyclic) bond motifs is 3. The number of aromatic nitrogens is 3. The molecule has 0 spiro atoms. The molecule has 0 fully saturated rings. The van der Waals surface area contributed by atoms with Crippen LogP contribution in [0, 0.1) is 13.8 Å². The highest BCUT2D eigenvalue weighted by molar-refractivity contribution is 5.85. The van der Waals surface area contributed by atoms with Gasteiger partial charge >= 0.3 is 0 Å². The summed E-state index contributed by atoms with van der Waals surface area (Å²) in [6.45, 7) is 4.11. The van der Waals surface area contributed by atoms with Crippen molar-refractivity contribution in [3.8, 4) is 11.3 Å². The Bertz CT molecular complexity index is 1060. The normalized spacial score (nSPS) is 11.4. The largest absolute Gasteiger partial charge is 0.319 e. The topological polar surface area (TPSA) is 50.2 Å². The summed E-state index contributed by atoms with van der Waals surface area (Å²) in [7, 11) is 0. The third-order valence-electron chi connectivity index (χ3n) is 4.15. The van der Waals surface area contributed by atoms with Crippen LogP contribution in [0.3, 0.4) is 0 Å². The highest BCUT2D eigenvalue weighted by Gasteiger charge is 2.13. The summed E-state index contributed by atoms with van der Waals surface area (Å²) in [6.07, 6.45) is 1.73. The first kappa shape index (κ1) is 12.8. The molecule has 0 radical (unpaired) electrons. The molecule has 1 N–H and O–H groups in total. The third-order valence-corrected chi connectivity index (χ3v) is 4.15. The summed E-state index contributed by atoms with van der Waals surface area (Å²) in [5, 5.41) is 0. The molecule has 0 bridgehead atoms. The van der Waals surface area contributed by atoms with E-state index in [9.17, 15) is 4.79 Å². The van der Waals surface area contributed by atoms with Crippen LogP contribution in [0.5, 0.6) is 0 Å². The number of benzene rings is 2. The summed E-state index contributed by atoms with van der Waals surface area (Å²) in [6, 6.07) is 13.9. The minimum atomic E-state index is -0.118. The molecule has 4 rings (SSSR count). The van der Waals surface area contributed by atoms with E-state index < -0.39 is 0 Å². The maximum absolute atomic E-state index is 12.5. The van der Waals surface area contributed by atoms with Crippen LogP contribution in [0.2, 0.25) is 0 Å². The SMILES string of the molecule is Cc1cc2[nH]c(=O)c3c(-c4ccccc4)ncn3c2cc1C. The molecule has 0 saturated carbocycles. The lowest BCUT2D eigenvalue weighted by molar-refractivity contribution is 1.15. The Hall–Kier alpha value is -2.88. The smallest absolute Gasteiger partial charge is 0.275 e. The lowest BCUT2D eigenvalue weighted by Gasteiger charge is -2.06. The standard InChI is InChI=1S/C18H15N3O/c1-11-8-14-15(9-12(11)2)21-10-19-16(17(21)18(22)20-14)13-6-4-3-5-7-13/h3-10H,1-2H3,(H,20,22). The third kappa shape index (κ3) is 1.77. The van der Waals surface area contributed by atoms with E-state index in [0.717, 1.165) is 22.2 Å². The molecular weight excluding hydrogens is 274 g/mol. The molecule has 0 saturated heterocycles. The number of hydrogen-bond acceptors (Lipinski definition) is 2. The number of aryl methyl sites for hydroxylation is 2. The zero-order chi connectivity index (χ0) is 15.3. The Morgan fingerprint density at radius 3 is 2.55 bits per heavy atom. The van der Waals surface area contributed by atoms with Crippen molar-refractivity contribution in [2.45, 2.75) is 13.8 Å². The molecule has 22 heavy (non-hydrogen) atoms. The second-order valence-corrected chi connectivity index (χ2v) is 5.59. The van der Waals surface area contributed by atoms with Crippen LogP contribution >= 0.6 is 0 Å². The van der Waals surface area contributed by atoms with Crippen molar-refractivity contribution in [2.24, 2.45) is 0 Å². The lowest BCUT2D eigenvalue weighted by Crippen LogP contribution is -2.10. The molecular formula is C18H15N3O. The van der Waals surface area contributed by atoms with E-state index in [-0.39, 0.29) is 5.56 Å². The van der Waals surface area contributed by atoms with Gasteiger partial charge in [-0.05, 0) is 37.1 Å². The Kier molecular flexibility index (Phi) is 2.66. The van der Waals surface area contributed by atoms with E-state index in [0.29, 0.717) is 11.2 Å². The zero-order valence-electron chi connectivity index (χ0n) is 12.4. The average molecular weight is 289 g/mol. The molecule has 4 nitrogen and oxygen atoms in total. The highest BCUT2D eigenvalue weighted by Crippen LogP contribution is 2.24. The lowest BCUT2D eigenvalue weighted by atomic mass is 10.1. The number of aromatic amines is 1. The number of imidazole rings is 1. The first-order chi connectivity index (χ1) is 10.6. The number of H-pyrrole nitrogens is 1. The molecule has 0 aliphatic heterocycles. The van der Waals surface area contributed by atoms with E-state index in [1.165, 1.54) is 5.56 Å². The van der Waals surface area contributed by atoms with Crippen LogP contribution in [0.4, 0.5) is 0 Å². The van der Waals surface area contributed by atoms with E-state index in [4.69, 9.17) is 0 Å². The predicted molar refractivity (Wildman–Crippen MR) is 88.2 cm³/mol. The van der Waals surface area contributed by atoms with Crippen LogP contribution in [-0.4, -0.2) is 14.4 Å². The van der Waals surface area contributed by atoms with Gasteiger partial charge in [-0.15, -0.1) is 0 Å². The van der Waals surface area contributed by atoms with Gasteiger partial charge in [0.25, 0.3) is 5.56 Å². The Balaban J connectivity index is 2.15. The second kappa shape index (κ2) is 4.56. The van der Waals surface area contributed by atoms with Gasteiger partial charge in [-0.1, -0.05) is 30.3 Å². The summed E-state index contributed by atoms with van der Waals surface area (Å²) in [5.41, 5.74) is 6.27. The monoisotopic (exact) mass is 289 g/mol. The van der Waals surface area contributed by atoms with Crippen molar-refractivity contribution in [1.29, 1.82) is 0 Å². The van der Waals surface area contributed by atoms with Gasteiger partial charge in [0.1, 0.15) is 17.5 Å². The van der Waals surface area contributed by atoms with Crippen molar-refractivity contribution in [2.75, 3.05) is 0 Å². The first-order valence-corrected chi connectivity index (χ1v) is 7.21. The van der Waals surface area contributed by atoms with Crippen molar-refractivity contribution in [3.63, 3.8) is 0 Å². The zero-order valence-corrected chi connectivity index (χ0v) is 12.4. The highest BCUT2D eigenvalue weighted by atomic mass is 16.1. The van der Waals surface area contributed by atoms with Crippen LogP contribution in [0.25, 0.3) is 27.8 Å². The molecule has 4 aromatic rings. The number of rotatable bonds is 1. The molecule has 4 heteroatoms. The summed E-state index contributed by atoms with van der Waals surface area (Å²) >= 11 is 0. The fourth-order valence-electron chi connectivity index (χ4n) is 2.84. The van der Waals surface area contributed by atoms with Gasteiger partial charge in [-0.2, -0.15) is 0 Å². The van der Waals surface area contributed by atoms with Crippen molar-refractivity contribution >= 4 is 16.6 Å². The van der Waals surface area contributed by atoms with Crippen LogP contribution in [0.1, 0.15) is 11.1 Å². The summed E-state index contributed by atoms with van der Waals surface area (Å²) in [5.74, 6) is 0. The van der Waals surface area contributed by atoms with Crippen LogP contribution < -0.4 is 5.56 Å². The van der Waals surface area contributed by atoms with Gasteiger partial charge in [0, 0.05) is 5.56 Å². The molecule has 108 valence electrons. The fourth-order valence-corrected chi connectivity index (χ4v) is 2.84. The Labute approximate surface area is 127 Å². The van der Waals surface area contributed by atoms with Gasteiger partial charge in [0.2, 0.25) is 0 Å². The van der Waals surface area contributed by atoms with Crippen molar-refractivity contribution in [3.05, 3.63) is 70.3 Å². The molecule has 0 aliphatic carbocycles. The molecule has 0 atom stereocenters. The Morgan fingerprint density at radius 2 is 1.77 bits per heavy atom. The average Bonchev–Trinajstić information content (AvgIpc) is 2.96. The first-order valence-electron chi connectivity index (χ1n) is 7.21. The minimum Gasteiger partial charge on any atom is -0.319 e. The second-order valence-electron chi connectivity index (χ2n) is 5.59. The van der Waals surface area contributed by atoms with Crippen LogP contribution in [-0.2, 0) is 0 Å². The number of nitrogens with one attached hydrogen (secondary N) is 1. The summed E-state index contributed by atoms with van der Waals surface area (Å²) in [4.78, 5) is 20.0. The van der Waals surface area contributed by atoms with Crippen molar-refractivity contribution in [1.82, 2.24) is 14.4 Å². The molecule has 0 amide bonds. The molecule has 0 unspecified atom stereocenters. The number of hydrogen-bond donors (Lipinski definition) is 1. The quantitative estimate of drug-likeness (QED) is 0.583. The van der Waals surface area contributed by atoms with E-state index in [1.54, 1.807) is 6.33 Å². The van der Waals surface area contributed by atoms with Gasteiger partial charge in [-0.25, -0.2) is 4.98 Å².